The van der Waals surface area contributed by atoms with Crippen molar-refractivity contribution in [3.8, 4) is 16.9 Å². The number of methoxy groups -OCH3 is 1. The maximum absolute atomic E-state index is 6.28. The van der Waals surface area contributed by atoms with E-state index in [4.69, 9.17) is 27.9 Å². The van der Waals surface area contributed by atoms with Crippen LogP contribution in [0.1, 0.15) is 0 Å². The summed E-state index contributed by atoms with van der Waals surface area (Å²) < 4.78 is 5.34. The molecule has 0 aliphatic rings. The van der Waals surface area contributed by atoms with Crippen LogP contribution < -0.4 is 4.74 Å². The van der Waals surface area contributed by atoms with Gasteiger partial charge < -0.3 is 9.72 Å². The Balaban J connectivity index is 2.28. The molecule has 0 fully saturated rings. The number of aromatic amines is 1. The fourth-order valence-corrected chi connectivity index (χ4v) is 2.75. The Morgan fingerprint density at radius 2 is 1.79 bits per heavy atom. The topological polar surface area (TPSA) is 25.0 Å². The second-order valence-electron chi connectivity index (χ2n) is 4.21. The molecule has 0 radical (unpaired) electrons. The van der Waals surface area contributed by atoms with Gasteiger partial charge in [-0.25, -0.2) is 0 Å². The first-order valence-corrected chi connectivity index (χ1v) is 6.56. The van der Waals surface area contributed by atoms with Gasteiger partial charge in [-0.2, -0.15) is 0 Å². The number of halogens is 2. The van der Waals surface area contributed by atoms with Crippen LogP contribution in [0.5, 0.6) is 5.75 Å². The van der Waals surface area contributed by atoms with Gasteiger partial charge in [0.1, 0.15) is 5.75 Å². The molecule has 0 bridgehead atoms. The van der Waals surface area contributed by atoms with E-state index in [0.717, 1.165) is 27.8 Å². The Morgan fingerprint density at radius 1 is 1.00 bits per heavy atom. The highest BCUT2D eigenvalue weighted by Gasteiger charge is 2.11. The molecule has 4 heteroatoms. The Morgan fingerprint density at radius 3 is 2.53 bits per heavy atom. The van der Waals surface area contributed by atoms with Gasteiger partial charge in [-0.05, 0) is 35.9 Å². The molecule has 2 nitrogen and oxygen atoms in total. The summed E-state index contributed by atoms with van der Waals surface area (Å²) in [5.74, 6) is 0.814. The molecule has 1 heterocycles. The van der Waals surface area contributed by atoms with Crippen molar-refractivity contribution < 1.29 is 4.74 Å². The Kier molecular flexibility index (Phi) is 3.13. The molecule has 3 aromatic rings. The predicted octanol–water partition coefficient (Wildman–Crippen LogP) is 5.15. The van der Waals surface area contributed by atoms with Gasteiger partial charge in [0.15, 0.2) is 0 Å². The van der Waals surface area contributed by atoms with Crippen LogP contribution in [-0.4, -0.2) is 12.1 Å². The molecule has 0 aliphatic heterocycles. The maximum Gasteiger partial charge on any atom is 0.142 e. The zero-order chi connectivity index (χ0) is 13.4. The zero-order valence-electron chi connectivity index (χ0n) is 10.2. The minimum Gasteiger partial charge on any atom is -0.495 e. The average molecular weight is 292 g/mol. The van der Waals surface area contributed by atoms with Crippen LogP contribution in [0.15, 0.2) is 42.6 Å². The van der Waals surface area contributed by atoms with Crippen LogP contribution in [-0.2, 0) is 0 Å². The maximum atomic E-state index is 6.28. The molecule has 0 unspecified atom stereocenters. The molecule has 1 aromatic heterocycles. The Hall–Kier alpha value is -1.64. The summed E-state index contributed by atoms with van der Waals surface area (Å²) in [4.78, 5) is 3.19. The third-order valence-corrected chi connectivity index (χ3v) is 3.67. The number of nitrogens with one attached hydrogen (secondary N) is 1. The van der Waals surface area contributed by atoms with Crippen LogP contribution in [0, 0.1) is 0 Å². The molecule has 0 aliphatic carbocycles. The number of ether oxygens (including phenoxy) is 1. The Bertz CT molecular complexity index is 749. The van der Waals surface area contributed by atoms with Crippen molar-refractivity contribution in [1.82, 2.24) is 4.98 Å². The molecule has 1 N–H and O–H groups in total. The Labute approximate surface area is 120 Å². The van der Waals surface area contributed by atoms with Gasteiger partial charge in [0.05, 0.1) is 12.6 Å². The standard InChI is InChI=1S/C15H11Cl2NO/c1-19-14-5-4-10(12-6-7-18-15(12)14)11-3-2-9(16)8-13(11)17/h2-8,18H,1H3. The first kappa shape index (κ1) is 12.4. The van der Waals surface area contributed by atoms with Gasteiger partial charge in [-0.1, -0.05) is 29.3 Å². The number of fused-ring (bicyclic) bond motifs is 1. The lowest BCUT2D eigenvalue weighted by atomic mass is 10.0. The zero-order valence-corrected chi connectivity index (χ0v) is 11.7. The molecular formula is C15H11Cl2NO. The van der Waals surface area contributed by atoms with Crippen molar-refractivity contribution in [1.29, 1.82) is 0 Å². The largest absolute Gasteiger partial charge is 0.495 e. The summed E-state index contributed by atoms with van der Waals surface area (Å²) in [6, 6.07) is 11.5. The molecule has 0 amide bonds. The van der Waals surface area contributed by atoms with Crippen LogP contribution in [0.3, 0.4) is 0 Å². The second kappa shape index (κ2) is 4.80. The predicted molar refractivity (Wildman–Crippen MR) is 80.3 cm³/mol. The van der Waals surface area contributed by atoms with Gasteiger partial charge in [0, 0.05) is 27.2 Å². The van der Waals surface area contributed by atoms with Gasteiger partial charge in [0.25, 0.3) is 0 Å². The average Bonchev–Trinajstić information content (AvgIpc) is 2.87. The number of hydrogen-bond acceptors (Lipinski definition) is 1. The SMILES string of the molecule is COc1ccc(-c2ccc(Cl)cc2Cl)c2cc[nH]c12. The van der Waals surface area contributed by atoms with E-state index in [1.807, 2.05) is 36.5 Å². The number of benzene rings is 2. The number of hydrogen-bond donors (Lipinski definition) is 1. The van der Waals surface area contributed by atoms with Gasteiger partial charge >= 0.3 is 0 Å². The minimum atomic E-state index is 0.632. The first-order valence-electron chi connectivity index (χ1n) is 5.80. The molecule has 0 atom stereocenters. The smallest absolute Gasteiger partial charge is 0.142 e. The van der Waals surface area contributed by atoms with Crippen LogP contribution in [0.2, 0.25) is 10.0 Å². The third kappa shape index (κ3) is 2.07. The van der Waals surface area contributed by atoms with Crippen molar-refractivity contribution in [2.24, 2.45) is 0 Å². The molecule has 96 valence electrons. The van der Waals surface area contributed by atoms with E-state index >= 15 is 0 Å². The summed E-state index contributed by atoms with van der Waals surface area (Å²) in [6.45, 7) is 0. The minimum absolute atomic E-state index is 0.632. The monoisotopic (exact) mass is 291 g/mol. The van der Waals surface area contributed by atoms with E-state index in [2.05, 4.69) is 4.98 Å². The second-order valence-corrected chi connectivity index (χ2v) is 5.05. The van der Waals surface area contributed by atoms with Crippen molar-refractivity contribution in [2.75, 3.05) is 7.11 Å². The van der Waals surface area contributed by atoms with Crippen LogP contribution in [0.4, 0.5) is 0 Å². The van der Waals surface area contributed by atoms with Crippen molar-refractivity contribution in [3.05, 3.63) is 52.6 Å². The summed E-state index contributed by atoms with van der Waals surface area (Å²) in [5, 5.41) is 2.34. The van der Waals surface area contributed by atoms with Crippen molar-refractivity contribution in [3.63, 3.8) is 0 Å². The van der Waals surface area contributed by atoms with E-state index in [-0.39, 0.29) is 0 Å². The number of rotatable bonds is 2. The fourth-order valence-electron chi connectivity index (χ4n) is 2.24. The number of aromatic nitrogens is 1. The van der Waals surface area contributed by atoms with Crippen molar-refractivity contribution >= 4 is 34.1 Å². The van der Waals surface area contributed by atoms with E-state index in [1.54, 1.807) is 13.2 Å². The third-order valence-electron chi connectivity index (χ3n) is 3.13. The van der Waals surface area contributed by atoms with Gasteiger partial charge in [-0.3, -0.25) is 0 Å². The number of H-pyrrole nitrogens is 1. The highest BCUT2D eigenvalue weighted by molar-refractivity contribution is 6.36. The van der Waals surface area contributed by atoms with Crippen LogP contribution >= 0.6 is 23.2 Å². The molecule has 0 saturated carbocycles. The van der Waals surface area contributed by atoms with E-state index in [0.29, 0.717) is 10.0 Å². The van der Waals surface area contributed by atoms with Crippen LogP contribution in [0.25, 0.3) is 22.0 Å². The molecule has 3 rings (SSSR count). The first-order chi connectivity index (χ1) is 9.20. The lowest BCUT2D eigenvalue weighted by Crippen LogP contribution is -1.87. The fraction of sp³-hybridized carbons (Fsp3) is 0.0667. The molecule has 19 heavy (non-hydrogen) atoms. The summed E-state index contributed by atoms with van der Waals surface area (Å²) >= 11 is 12.2. The molecule has 0 spiro atoms. The molecular weight excluding hydrogens is 281 g/mol. The highest BCUT2D eigenvalue weighted by Crippen LogP contribution is 2.37. The summed E-state index contributed by atoms with van der Waals surface area (Å²) in [6.07, 6.45) is 1.89. The van der Waals surface area contributed by atoms with E-state index in [1.165, 1.54) is 0 Å². The quantitative estimate of drug-likeness (QED) is 0.694. The molecule has 0 saturated heterocycles. The van der Waals surface area contributed by atoms with Gasteiger partial charge in [-0.15, -0.1) is 0 Å². The summed E-state index contributed by atoms with van der Waals surface area (Å²) in [7, 11) is 1.66. The van der Waals surface area contributed by atoms with E-state index < -0.39 is 0 Å². The van der Waals surface area contributed by atoms with E-state index in [9.17, 15) is 0 Å². The summed E-state index contributed by atoms with van der Waals surface area (Å²) in [5.41, 5.74) is 2.98. The highest BCUT2D eigenvalue weighted by atomic mass is 35.5. The van der Waals surface area contributed by atoms with Gasteiger partial charge in [0.2, 0.25) is 0 Å². The normalized spacial score (nSPS) is 10.9. The van der Waals surface area contributed by atoms with Crippen molar-refractivity contribution in [2.45, 2.75) is 0 Å². The lowest BCUT2D eigenvalue weighted by molar-refractivity contribution is 0.419. The molecule has 2 aromatic carbocycles. The lowest BCUT2D eigenvalue weighted by Gasteiger charge is -2.09.